The molecule has 2 heterocycles. The molecule has 1 amide bonds. The van der Waals surface area contributed by atoms with Crippen LogP contribution in [-0.2, 0) is 6.42 Å². The number of aromatic amines is 1. The van der Waals surface area contributed by atoms with E-state index in [1.807, 2.05) is 47.5 Å². The van der Waals surface area contributed by atoms with Crippen molar-refractivity contribution >= 4 is 29.2 Å². The van der Waals surface area contributed by atoms with Gasteiger partial charge in [-0.1, -0.05) is 18.2 Å². The standard InChI is InChI=1S/C21H22FN3O.ClH/c22-17-6-4-16(5-7-17)9-11-24-12-14-25(15-13-24)21(26)19-2-1-3-20-18(19)8-10-23-20;/h1-8,10,23H,9,11-15H2;1H. The highest BCUT2D eigenvalue weighted by Crippen LogP contribution is 2.20. The number of fused-ring (bicyclic) bond motifs is 1. The first kappa shape index (κ1) is 19.4. The molecule has 1 aromatic heterocycles. The lowest BCUT2D eigenvalue weighted by Crippen LogP contribution is -2.49. The van der Waals surface area contributed by atoms with Crippen LogP contribution in [0.2, 0.25) is 0 Å². The SMILES string of the molecule is Cl.O=C(c1cccc2[nH]ccc12)N1CCN(CCc2ccc(F)cc2)CC1. The van der Waals surface area contributed by atoms with E-state index >= 15 is 0 Å². The molecule has 0 saturated carbocycles. The lowest BCUT2D eigenvalue weighted by Gasteiger charge is -2.35. The van der Waals surface area contributed by atoms with Crippen molar-refractivity contribution < 1.29 is 9.18 Å². The third kappa shape index (κ3) is 4.31. The van der Waals surface area contributed by atoms with Gasteiger partial charge in [-0.2, -0.15) is 0 Å². The van der Waals surface area contributed by atoms with E-state index in [1.165, 1.54) is 12.1 Å². The van der Waals surface area contributed by atoms with Gasteiger partial charge in [-0.3, -0.25) is 9.69 Å². The summed E-state index contributed by atoms with van der Waals surface area (Å²) in [4.78, 5) is 20.4. The van der Waals surface area contributed by atoms with Crippen LogP contribution in [0.3, 0.4) is 0 Å². The van der Waals surface area contributed by atoms with Crippen molar-refractivity contribution in [1.29, 1.82) is 0 Å². The Bertz CT molecular complexity index is 901. The third-order valence-electron chi connectivity index (χ3n) is 5.11. The highest BCUT2D eigenvalue weighted by atomic mass is 35.5. The Kier molecular flexibility index (Phi) is 6.14. The van der Waals surface area contributed by atoms with E-state index in [4.69, 9.17) is 0 Å². The van der Waals surface area contributed by atoms with Gasteiger partial charge in [0.2, 0.25) is 0 Å². The van der Waals surface area contributed by atoms with Gasteiger partial charge < -0.3 is 9.88 Å². The second-order valence-electron chi connectivity index (χ2n) is 6.75. The van der Waals surface area contributed by atoms with E-state index in [0.717, 1.165) is 61.2 Å². The molecule has 1 saturated heterocycles. The normalized spacial score (nSPS) is 14.9. The summed E-state index contributed by atoms with van der Waals surface area (Å²) in [5.41, 5.74) is 2.90. The molecule has 1 fully saturated rings. The average Bonchev–Trinajstić information content (AvgIpc) is 3.16. The van der Waals surface area contributed by atoms with Crippen LogP contribution in [0.5, 0.6) is 0 Å². The Morgan fingerprint density at radius 2 is 1.74 bits per heavy atom. The molecule has 0 unspecified atom stereocenters. The number of nitrogens with zero attached hydrogens (tertiary/aromatic N) is 2. The summed E-state index contributed by atoms with van der Waals surface area (Å²) in [6.45, 7) is 4.15. The number of nitrogens with one attached hydrogen (secondary N) is 1. The molecule has 4 nitrogen and oxygen atoms in total. The first-order valence-electron chi connectivity index (χ1n) is 9.03. The number of carbonyl (C=O) groups is 1. The van der Waals surface area contributed by atoms with Gasteiger partial charge in [0.15, 0.2) is 0 Å². The van der Waals surface area contributed by atoms with E-state index in [0.29, 0.717) is 0 Å². The van der Waals surface area contributed by atoms with Gasteiger partial charge in [-0.05, 0) is 42.3 Å². The van der Waals surface area contributed by atoms with Crippen LogP contribution in [0.15, 0.2) is 54.7 Å². The molecule has 27 heavy (non-hydrogen) atoms. The fourth-order valence-corrected chi connectivity index (χ4v) is 3.56. The van der Waals surface area contributed by atoms with Gasteiger partial charge in [0.05, 0.1) is 0 Å². The van der Waals surface area contributed by atoms with Crippen LogP contribution in [0.4, 0.5) is 4.39 Å². The van der Waals surface area contributed by atoms with Crippen molar-refractivity contribution in [2.75, 3.05) is 32.7 Å². The lowest BCUT2D eigenvalue weighted by atomic mass is 10.1. The van der Waals surface area contributed by atoms with Gasteiger partial charge >= 0.3 is 0 Å². The number of rotatable bonds is 4. The molecule has 0 bridgehead atoms. The zero-order chi connectivity index (χ0) is 17.9. The number of hydrogen-bond acceptors (Lipinski definition) is 2. The Morgan fingerprint density at radius 3 is 2.48 bits per heavy atom. The molecule has 2 aromatic carbocycles. The lowest BCUT2D eigenvalue weighted by molar-refractivity contribution is 0.0640. The maximum atomic E-state index is 13.0. The Hall–Kier alpha value is -2.37. The number of H-pyrrole nitrogens is 1. The molecule has 0 aliphatic carbocycles. The second-order valence-corrected chi connectivity index (χ2v) is 6.75. The molecule has 142 valence electrons. The van der Waals surface area contributed by atoms with Crippen LogP contribution in [0.1, 0.15) is 15.9 Å². The number of aromatic nitrogens is 1. The van der Waals surface area contributed by atoms with E-state index in [9.17, 15) is 9.18 Å². The van der Waals surface area contributed by atoms with Gasteiger partial charge in [0, 0.05) is 55.4 Å². The minimum absolute atomic E-state index is 0. The molecular formula is C21H23ClFN3O. The minimum Gasteiger partial charge on any atom is -0.361 e. The van der Waals surface area contributed by atoms with Gasteiger partial charge in [-0.15, -0.1) is 12.4 Å². The predicted molar refractivity (Wildman–Crippen MR) is 108 cm³/mol. The molecule has 1 aliphatic rings. The molecule has 0 atom stereocenters. The van der Waals surface area contributed by atoms with E-state index in [-0.39, 0.29) is 24.1 Å². The topological polar surface area (TPSA) is 39.3 Å². The van der Waals surface area contributed by atoms with Crippen molar-refractivity contribution in [3.05, 3.63) is 71.7 Å². The average molecular weight is 388 g/mol. The summed E-state index contributed by atoms with van der Waals surface area (Å²) in [7, 11) is 0. The summed E-state index contributed by atoms with van der Waals surface area (Å²) >= 11 is 0. The molecule has 1 N–H and O–H groups in total. The summed E-state index contributed by atoms with van der Waals surface area (Å²) in [6, 6.07) is 14.5. The Morgan fingerprint density at radius 1 is 1.00 bits per heavy atom. The van der Waals surface area contributed by atoms with Crippen LogP contribution in [0.25, 0.3) is 10.9 Å². The van der Waals surface area contributed by atoms with Crippen LogP contribution in [0, 0.1) is 5.82 Å². The highest BCUT2D eigenvalue weighted by Gasteiger charge is 2.23. The van der Waals surface area contributed by atoms with Gasteiger partial charge in [-0.25, -0.2) is 4.39 Å². The van der Waals surface area contributed by atoms with Crippen molar-refractivity contribution in [2.24, 2.45) is 0 Å². The predicted octanol–water partition coefficient (Wildman–Crippen LogP) is 3.73. The van der Waals surface area contributed by atoms with E-state index < -0.39 is 0 Å². The van der Waals surface area contributed by atoms with Crippen molar-refractivity contribution in [2.45, 2.75) is 6.42 Å². The number of amides is 1. The highest BCUT2D eigenvalue weighted by molar-refractivity contribution is 6.06. The molecule has 4 rings (SSSR count). The van der Waals surface area contributed by atoms with Crippen LogP contribution >= 0.6 is 12.4 Å². The minimum atomic E-state index is -0.196. The largest absolute Gasteiger partial charge is 0.361 e. The number of hydrogen-bond donors (Lipinski definition) is 1. The smallest absolute Gasteiger partial charge is 0.254 e. The maximum Gasteiger partial charge on any atom is 0.254 e. The first-order valence-corrected chi connectivity index (χ1v) is 9.03. The van der Waals surface area contributed by atoms with Crippen molar-refractivity contribution in [1.82, 2.24) is 14.8 Å². The van der Waals surface area contributed by atoms with Gasteiger partial charge in [0.25, 0.3) is 5.91 Å². The summed E-state index contributed by atoms with van der Waals surface area (Å²) in [6.07, 6.45) is 2.77. The molecular weight excluding hydrogens is 365 g/mol. The van der Waals surface area contributed by atoms with E-state index in [1.54, 1.807) is 0 Å². The molecule has 1 aliphatic heterocycles. The monoisotopic (exact) mass is 387 g/mol. The van der Waals surface area contributed by atoms with E-state index in [2.05, 4.69) is 9.88 Å². The fourth-order valence-electron chi connectivity index (χ4n) is 3.56. The van der Waals surface area contributed by atoms with Crippen molar-refractivity contribution in [3.63, 3.8) is 0 Å². The Labute approximate surface area is 164 Å². The quantitative estimate of drug-likeness (QED) is 0.741. The number of piperazine rings is 1. The zero-order valence-electron chi connectivity index (χ0n) is 15.0. The Balaban J connectivity index is 0.00000210. The summed E-state index contributed by atoms with van der Waals surface area (Å²) < 4.78 is 13.0. The summed E-state index contributed by atoms with van der Waals surface area (Å²) in [5, 5.41) is 0.983. The fraction of sp³-hybridized carbons (Fsp3) is 0.286. The van der Waals surface area contributed by atoms with Crippen LogP contribution < -0.4 is 0 Å². The maximum absolute atomic E-state index is 13.0. The third-order valence-corrected chi connectivity index (χ3v) is 5.11. The van der Waals surface area contributed by atoms with Crippen molar-refractivity contribution in [3.8, 4) is 0 Å². The molecule has 0 radical (unpaired) electrons. The number of benzene rings is 2. The van der Waals surface area contributed by atoms with Gasteiger partial charge in [0.1, 0.15) is 5.82 Å². The molecule has 6 heteroatoms. The zero-order valence-corrected chi connectivity index (χ0v) is 15.8. The number of halogens is 2. The second kappa shape index (κ2) is 8.55. The molecule has 0 spiro atoms. The first-order chi connectivity index (χ1) is 12.7. The summed E-state index contributed by atoms with van der Waals surface area (Å²) in [5.74, 6) is -0.0910. The molecule has 3 aromatic rings. The van der Waals surface area contributed by atoms with Crippen LogP contribution in [-0.4, -0.2) is 53.4 Å². The number of carbonyl (C=O) groups excluding carboxylic acids is 1.